The van der Waals surface area contributed by atoms with Crippen molar-refractivity contribution in [1.29, 1.82) is 0 Å². The minimum atomic E-state index is -0.739. The molecule has 1 N–H and O–H groups in total. The Morgan fingerprint density at radius 1 is 1.09 bits per heavy atom. The van der Waals surface area contributed by atoms with Crippen LogP contribution in [0.5, 0.6) is 5.75 Å². The Labute approximate surface area is 204 Å². The Morgan fingerprint density at radius 3 is 2.76 bits per heavy atom. The van der Waals surface area contributed by atoms with Gasteiger partial charge in [-0.15, -0.1) is 0 Å². The monoisotopic (exact) mass is 468 g/mol. The van der Waals surface area contributed by atoms with Crippen LogP contribution in [-0.2, 0) is 30.5 Å². The van der Waals surface area contributed by atoms with Crippen LogP contribution in [0.4, 0.5) is 0 Å². The average Bonchev–Trinajstić information content (AvgIpc) is 3.24. The first kappa shape index (κ1) is 24.1. The van der Waals surface area contributed by atoms with Crippen molar-refractivity contribution in [2.24, 2.45) is 5.92 Å². The van der Waals surface area contributed by atoms with Crippen molar-refractivity contribution in [1.82, 2.24) is 9.88 Å². The van der Waals surface area contributed by atoms with Crippen molar-refractivity contribution in [2.75, 3.05) is 19.7 Å². The summed E-state index contributed by atoms with van der Waals surface area (Å²) in [5.41, 5.74) is 6.36. The highest BCUT2D eigenvalue weighted by Gasteiger charge is 2.34. The van der Waals surface area contributed by atoms with Crippen LogP contribution in [0.2, 0.25) is 0 Å². The second-order valence-electron chi connectivity index (χ2n) is 9.76. The Hall–Kier alpha value is -2.05. The van der Waals surface area contributed by atoms with Gasteiger partial charge < -0.3 is 9.84 Å². The predicted octanol–water partition coefficient (Wildman–Crippen LogP) is 4.87. The van der Waals surface area contributed by atoms with Gasteiger partial charge in [-0.3, -0.25) is 14.7 Å². The fourth-order valence-corrected chi connectivity index (χ4v) is 5.57. The summed E-state index contributed by atoms with van der Waals surface area (Å²) in [6.45, 7) is 2.72. The van der Waals surface area contributed by atoms with Gasteiger partial charge in [0.25, 0.3) is 0 Å². The van der Waals surface area contributed by atoms with Crippen molar-refractivity contribution in [2.45, 2.75) is 70.3 Å². The minimum absolute atomic E-state index is 0. The lowest BCUT2D eigenvalue weighted by atomic mass is 9.88. The normalized spacial score (nSPS) is 18.4. The predicted molar refractivity (Wildman–Crippen MR) is 135 cm³/mol. The molecule has 6 heteroatoms. The zero-order chi connectivity index (χ0) is 21.9. The third-order valence-corrected chi connectivity index (χ3v) is 7.43. The number of carboxylic acid groups (broad SMARTS) is 1. The zero-order valence-corrected chi connectivity index (χ0v) is 20.4. The van der Waals surface area contributed by atoms with E-state index in [0.717, 1.165) is 50.3 Å². The summed E-state index contributed by atoms with van der Waals surface area (Å²) >= 11 is 0. The topological polar surface area (TPSA) is 62.7 Å². The SMILES string of the molecule is O=C(O)C[C@@H](c1ccc2c(c1)OCC2)N1CC(CCCCc2ccc3c(n2)CCCC3)C1.S. The largest absolute Gasteiger partial charge is 0.493 e. The molecule has 1 atom stereocenters. The number of nitrogens with zero attached hydrogens (tertiary/aromatic N) is 2. The van der Waals surface area contributed by atoms with Crippen LogP contribution in [0.1, 0.15) is 72.6 Å². The van der Waals surface area contributed by atoms with Gasteiger partial charge >= 0.3 is 5.97 Å². The van der Waals surface area contributed by atoms with E-state index in [1.807, 2.05) is 0 Å². The lowest BCUT2D eigenvalue weighted by Gasteiger charge is -2.44. The quantitative estimate of drug-likeness (QED) is 0.532. The number of hydrogen-bond donors (Lipinski definition) is 1. The van der Waals surface area contributed by atoms with Crippen LogP contribution in [0.15, 0.2) is 30.3 Å². The maximum Gasteiger partial charge on any atom is 0.305 e. The molecule has 2 aliphatic heterocycles. The summed E-state index contributed by atoms with van der Waals surface area (Å²) in [7, 11) is 0. The van der Waals surface area contributed by atoms with E-state index in [0.29, 0.717) is 5.92 Å². The van der Waals surface area contributed by atoms with Gasteiger partial charge in [0.05, 0.1) is 13.0 Å². The number of hydrogen-bond acceptors (Lipinski definition) is 4. The summed E-state index contributed by atoms with van der Waals surface area (Å²) in [6, 6.07) is 10.7. The van der Waals surface area contributed by atoms with Crippen molar-refractivity contribution in [3.8, 4) is 5.75 Å². The fraction of sp³-hybridized carbons (Fsp3) is 0.556. The van der Waals surface area contributed by atoms with Crippen molar-refractivity contribution in [3.63, 3.8) is 0 Å². The number of rotatable bonds is 9. The summed E-state index contributed by atoms with van der Waals surface area (Å²) in [4.78, 5) is 18.8. The van der Waals surface area contributed by atoms with E-state index in [9.17, 15) is 9.90 Å². The van der Waals surface area contributed by atoms with Crippen LogP contribution in [0, 0.1) is 5.92 Å². The maximum atomic E-state index is 11.5. The molecule has 0 radical (unpaired) electrons. The number of aromatic nitrogens is 1. The molecule has 178 valence electrons. The van der Waals surface area contributed by atoms with Crippen molar-refractivity contribution < 1.29 is 14.6 Å². The van der Waals surface area contributed by atoms with Gasteiger partial charge in [-0.1, -0.05) is 24.6 Å². The Bertz CT molecular complexity index is 974. The van der Waals surface area contributed by atoms with Crippen LogP contribution in [0.3, 0.4) is 0 Å². The van der Waals surface area contributed by atoms with E-state index in [2.05, 4.69) is 35.2 Å². The second-order valence-corrected chi connectivity index (χ2v) is 9.76. The summed E-state index contributed by atoms with van der Waals surface area (Å²) in [6.07, 6.45) is 10.7. The van der Waals surface area contributed by atoms with E-state index < -0.39 is 5.97 Å². The number of ether oxygens (including phenoxy) is 1. The van der Waals surface area contributed by atoms with Crippen LogP contribution >= 0.6 is 13.5 Å². The van der Waals surface area contributed by atoms with E-state index in [4.69, 9.17) is 9.72 Å². The Balaban J connectivity index is 0.00000259. The number of benzene rings is 1. The van der Waals surface area contributed by atoms with Crippen molar-refractivity contribution >= 4 is 19.5 Å². The summed E-state index contributed by atoms with van der Waals surface area (Å²) < 4.78 is 5.71. The number of pyridine rings is 1. The van der Waals surface area contributed by atoms with E-state index in [1.54, 1.807) is 0 Å². The van der Waals surface area contributed by atoms with Crippen LogP contribution < -0.4 is 4.74 Å². The van der Waals surface area contributed by atoms with Gasteiger partial charge in [0.15, 0.2) is 0 Å². The zero-order valence-electron chi connectivity index (χ0n) is 19.4. The van der Waals surface area contributed by atoms with Crippen molar-refractivity contribution in [3.05, 3.63) is 58.4 Å². The highest BCUT2D eigenvalue weighted by molar-refractivity contribution is 7.59. The number of aliphatic carboxylic acids is 1. The first-order chi connectivity index (χ1) is 15.7. The van der Waals surface area contributed by atoms with Crippen LogP contribution in [-0.4, -0.2) is 40.7 Å². The molecule has 1 aromatic carbocycles. The molecule has 0 saturated carbocycles. The molecule has 0 bridgehead atoms. The summed E-state index contributed by atoms with van der Waals surface area (Å²) in [5.74, 6) is 0.872. The van der Waals surface area contributed by atoms with Gasteiger partial charge in [-0.25, -0.2) is 0 Å². The number of carbonyl (C=O) groups is 1. The first-order valence-corrected chi connectivity index (χ1v) is 12.3. The Morgan fingerprint density at radius 2 is 1.91 bits per heavy atom. The lowest BCUT2D eigenvalue weighted by Crippen LogP contribution is -2.48. The molecule has 1 aliphatic carbocycles. The standard InChI is InChI=1S/C27H34N2O3.H2S/c30-27(31)16-25(22-10-9-21-13-14-32-26(21)15-22)29-17-19(18-29)5-1-3-7-23-12-11-20-6-2-4-8-24(20)28-23;/h9-12,15,19,25H,1-8,13-14,16-18H2,(H,30,31);1H2/t25-;/m0./s1. The third-order valence-electron chi connectivity index (χ3n) is 7.43. The average molecular weight is 469 g/mol. The Kier molecular flexibility index (Phi) is 7.97. The number of aryl methyl sites for hydroxylation is 3. The third kappa shape index (κ3) is 5.72. The van der Waals surface area contributed by atoms with E-state index >= 15 is 0 Å². The smallest absolute Gasteiger partial charge is 0.305 e. The number of carboxylic acids is 1. The molecule has 1 aromatic heterocycles. The minimum Gasteiger partial charge on any atom is -0.493 e. The number of likely N-dealkylation sites (tertiary alicyclic amines) is 1. The highest BCUT2D eigenvalue weighted by atomic mass is 32.1. The van der Waals surface area contributed by atoms with E-state index in [-0.39, 0.29) is 26.0 Å². The first-order valence-electron chi connectivity index (χ1n) is 12.3. The molecule has 3 aliphatic rings. The molecule has 5 rings (SSSR count). The number of unbranched alkanes of at least 4 members (excludes halogenated alkanes) is 1. The molecule has 2 aromatic rings. The van der Waals surface area contributed by atoms with Gasteiger partial charge in [0.2, 0.25) is 0 Å². The molecule has 0 amide bonds. The molecule has 0 spiro atoms. The van der Waals surface area contributed by atoms with Crippen LogP contribution in [0.25, 0.3) is 0 Å². The van der Waals surface area contributed by atoms with Gasteiger partial charge in [0.1, 0.15) is 5.75 Å². The second kappa shape index (κ2) is 10.9. The molecule has 0 unspecified atom stereocenters. The van der Waals surface area contributed by atoms with Gasteiger partial charge in [-0.05, 0) is 79.7 Å². The highest BCUT2D eigenvalue weighted by Crippen LogP contribution is 2.36. The molecule has 3 heterocycles. The van der Waals surface area contributed by atoms with Gasteiger partial charge in [-0.2, -0.15) is 13.5 Å². The molecular weight excluding hydrogens is 432 g/mol. The van der Waals surface area contributed by atoms with E-state index in [1.165, 1.54) is 61.0 Å². The molecule has 1 fully saturated rings. The molecule has 33 heavy (non-hydrogen) atoms. The number of fused-ring (bicyclic) bond motifs is 2. The summed E-state index contributed by atoms with van der Waals surface area (Å²) in [5, 5.41) is 9.46. The lowest BCUT2D eigenvalue weighted by molar-refractivity contribution is -0.139. The fourth-order valence-electron chi connectivity index (χ4n) is 5.57. The van der Waals surface area contributed by atoms with Gasteiger partial charge in [0, 0.05) is 36.9 Å². The molecular formula is C27H36N2O3S. The maximum absolute atomic E-state index is 11.5. The molecule has 1 saturated heterocycles. The molecule has 5 nitrogen and oxygen atoms in total.